The van der Waals surface area contributed by atoms with Gasteiger partial charge in [0.25, 0.3) is 11.8 Å². The molecule has 2 aromatic carbocycles. The van der Waals surface area contributed by atoms with E-state index in [9.17, 15) is 14.4 Å². The van der Waals surface area contributed by atoms with Gasteiger partial charge in [-0.05, 0) is 43.5 Å². The predicted octanol–water partition coefficient (Wildman–Crippen LogP) is 4.10. The second kappa shape index (κ2) is 7.74. The number of fused-ring (bicyclic) bond motifs is 1. The number of hydrogen-bond acceptors (Lipinski definition) is 3. The quantitative estimate of drug-likeness (QED) is 0.785. The summed E-state index contributed by atoms with van der Waals surface area (Å²) in [5, 5.41) is 2.95. The maximum absolute atomic E-state index is 13.1. The third-order valence-electron chi connectivity index (χ3n) is 5.00. The Balaban J connectivity index is 1.92. The molecule has 1 atom stereocenters. The van der Waals surface area contributed by atoms with Crippen LogP contribution in [0.5, 0.6) is 0 Å². The SMILES string of the molecule is CCCCC(C(=O)Nc1c(C)cccc1C)N1C(=O)c2ccccc2C1=O. The first kappa shape index (κ1) is 18.8. The number of nitrogens with zero attached hydrogens (tertiary/aromatic N) is 1. The van der Waals surface area contributed by atoms with Crippen LogP contribution in [-0.2, 0) is 4.79 Å². The van der Waals surface area contributed by atoms with E-state index < -0.39 is 17.9 Å². The van der Waals surface area contributed by atoms with E-state index in [1.54, 1.807) is 24.3 Å². The minimum absolute atomic E-state index is 0.324. The van der Waals surface area contributed by atoms with Crippen LogP contribution in [-0.4, -0.2) is 28.7 Å². The zero-order valence-electron chi connectivity index (χ0n) is 15.9. The van der Waals surface area contributed by atoms with Gasteiger partial charge in [-0.2, -0.15) is 0 Å². The fourth-order valence-electron chi connectivity index (χ4n) is 3.48. The number of aryl methyl sites for hydroxylation is 2. The van der Waals surface area contributed by atoms with Crippen LogP contribution in [0.2, 0.25) is 0 Å². The van der Waals surface area contributed by atoms with E-state index in [1.165, 1.54) is 0 Å². The van der Waals surface area contributed by atoms with Crippen molar-refractivity contribution in [2.24, 2.45) is 0 Å². The first-order valence-electron chi connectivity index (χ1n) is 9.29. The normalized spacial score (nSPS) is 14.3. The van der Waals surface area contributed by atoms with Gasteiger partial charge in [-0.25, -0.2) is 0 Å². The average molecular weight is 364 g/mol. The summed E-state index contributed by atoms with van der Waals surface area (Å²) in [6.07, 6.45) is 2.06. The van der Waals surface area contributed by atoms with Crippen LogP contribution in [0.1, 0.15) is 58.0 Å². The fraction of sp³-hybridized carbons (Fsp3) is 0.318. The smallest absolute Gasteiger partial charge is 0.262 e. The van der Waals surface area contributed by atoms with Gasteiger partial charge in [-0.3, -0.25) is 19.3 Å². The van der Waals surface area contributed by atoms with E-state index in [0.717, 1.165) is 34.6 Å². The maximum atomic E-state index is 13.1. The van der Waals surface area contributed by atoms with E-state index in [1.807, 2.05) is 39.0 Å². The van der Waals surface area contributed by atoms with Gasteiger partial charge in [0.15, 0.2) is 0 Å². The molecule has 2 aromatic rings. The highest BCUT2D eigenvalue weighted by atomic mass is 16.2. The van der Waals surface area contributed by atoms with Crippen molar-refractivity contribution in [2.75, 3.05) is 5.32 Å². The number of imide groups is 1. The summed E-state index contributed by atoms with van der Waals surface area (Å²) in [7, 11) is 0. The molecule has 1 N–H and O–H groups in total. The minimum atomic E-state index is -0.823. The van der Waals surface area contributed by atoms with Crippen molar-refractivity contribution in [2.45, 2.75) is 46.1 Å². The number of anilines is 1. The highest BCUT2D eigenvalue weighted by molar-refractivity contribution is 6.23. The van der Waals surface area contributed by atoms with E-state index in [0.29, 0.717) is 17.5 Å². The van der Waals surface area contributed by atoms with E-state index >= 15 is 0 Å². The second-order valence-electron chi connectivity index (χ2n) is 6.94. The van der Waals surface area contributed by atoms with E-state index in [4.69, 9.17) is 0 Å². The van der Waals surface area contributed by atoms with Crippen molar-refractivity contribution >= 4 is 23.4 Å². The standard InChI is InChI=1S/C22H24N2O3/c1-4-5-13-18(20(25)23-19-14(2)9-8-10-15(19)3)24-21(26)16-11-6-7-12-17(16)22(24)27/h6-12,18H,4-5,13H2,1-3H3,(H,23,25). The number of benzene rings is 2. The summed E-state index contributed by atoms with van der Waals surface area (Å²) in [5.74, 6) is -1.11. The van der Waals surface area contributed by atoms with Crippen molar-refractivity contribution in [1.82, 2.24) is 4.90 Å². The van der Waals surface area contributed by atoms with Crippen LogP contribution in [0.3, 0.4) is 0 Å². The topological polar surface area (TPSA) is 66.5 Å². The fourth-order valence-corrected chi connectivity index (χ4v) is 3.48. The molecule has 5 heteroatoms. The Bertz CT molecular complexity index is 849. The van der Waals surface area contributed by atoms with Gasteiger partial charge < -0.3 is 5.32 Å². The Morgan fingerprint density at radius 2 is 1.52 bits per heavy atom. The molecule has 3 amide bonds. The molecule has 1 aliphatic heterocycles. The van der Waals surface area contributed by atoms with Gasteiger partial charge in [-0.15, -0.1) is 0 Å². The molecular weight excluding hydrogens is 340 g/mol. The molecular formula is C22H24N2O3. The summed E-state index contributed by atoms with van der Waals surface area (Å²) in [6, 6.07) is 11.7. The van der Waals surface area contributed by atoms with Crippen molar-refractivity contribution < 1.29 is 14.4 Å². The zero-order chi connectivity index (χ0) is 19.6. The Morgan fingerprint density at radius 3 is 2.04 bits per heavy atom. The molecule has 0 aliphatic carbocycles. The molecule has 1 heterocycles. The molecule has 1 unspecified atom stereocenters. The summed E-state index contributed by atoms with van der Waals surface area (Å²) in [5.41, 5.74) is 3.35. The predicted molar refractivity (Wildman–Crippen MR) is 105 cm³/mol. The zero-order valence-corrected chi connectivity index (χ0v) is 15.9. The van der Waals surface area contributed by atoms with Gasteiger partial charge >= 0.3 is 0 Å². The first-order valence-corrected chi connectivity index (χ1v) is 9.29. The molecule has 1 aliphatic rings. The third kappa shape index (κ3) is 3.50. The number of carbonyl (C=O) groups is 3. The monoisotopic (exact) mass is 364 g/mol. The molecule has 0 spiro atoms. The van der Waals surface area contributed by atoms with Gasteiger partial charge in [-0.1, -0.05) is 50.1 Å². The summed E-state index contributed by atoms with van der Waals surface area (Å²) < 4.78 is 0. The first-order chi connectivity index (χ1) is 13.0. The van der Waals surface area contributed by atoms with Crippen LogP contribution < -0.4 is 5.32 Å². The highest BCUT2D eigenvalue weighted by Gasteiger charge is 2.42. The minimum Gasteiger partial charge on any atom is -0.324 e. The van der Waals surface area contributed by atoms with Crippen molar-refractivity contribution in [1.29, 1.82) is 0 Å². The van der Waals surface area contributed by atoms with Crippen molar-refractivity contribution in [3.05, 3.63) is 64.7 Å². The largest absolute Gasteiger partial charge is 0.324 e. The lowest BCUT2D eigenvalue weighted by atomic mass is 10.1. The number of unbranched alkanes of at least 4 members (excludes halogenated alkanes) is 1. The molecule has 0 fully saturated rings. The van der Waals surface area contributed by atoms with Gasteiger partial charge in [0.1, 0.15) is 6.04 Å². The lowest BCUT2D eigenvalue weighted by Gasteiger charge is -2.26. The van der Waals surface area contributed by atoms with Crippen LogP contribution in [0.15, 0.2) is 42.5 Å². The van der Waals surface area contributed by atoms with Gasteiger partial charge in [0.05, 0.1) is 11.1 Å². The van der Waals surface area contributed by atoms with Crippen molar-refractivity contribution in [3.63, 3.8) is 0 Å². The summed E-state index contributed by atoms with van der Waals surface area (Å²) in [6.45, 7) is 5.86. The Labute approximate surface area is 159 Å². The second-order valence-corrected chi connectivity index (χ2v) is 6.94. The van der Waals surface area contributed by atoms with Crippen LogP contribution in [0, 0.1) is 13.8 Å². The molecule has 0 aromatic heterocycles. The number of hydrogen-bond donors (Lipinski definition) is 1. The van der Waals surface area contributed by atoms with E-state index in [2.05, 4.69) is 5.32 Å². The molecule has 0 saturated heterocycles. The third-order valence-corrected chi connectivity index (χ3v) is 5.00. The molecule has 0 bridgehead atoms. The van der Waals surface area contributed by atoms with E-state index in [-0.39, 0.29) is 5.91 Å². The Morgan fingerprint density at radius 1 is 0.963 bits per heavy atom. The molecule has 0 saturated carbocycles. The summed E-state index contributed by atoms with van der Waals surface area (Å²) in [4.78, 5) is 39.9. The van der Waals surface area contributed by atoms with Crippen molar-refractivity contribution in [3.8, 4) is 0 Å². The Kier molecular flexibility index (Phi) is 5.40. The maximum Gasteiger partial charge on any atom is 0.262 e. The molecule has 0 radical (unpaired) electrons. The molecule has 140 valence electrons. The average Bonchev–Trinajstić information content (AvgIpc) is 2.91. The van der Waals surface area contributed by atoms with Gasteiger partial charge in [0, 0.05) is 5.69 Å². The van der Waals surface area contributed by atoms with Gasteiger partial charge in [0.2, 0.25) is 5.91 Å². The van der Waals surface area contributed by atoms with Crippen LogP contribution in [0.4, 0.5) is 5.69 Å². The molecule has 27 heavy (non-hydrogen) atoms. The Hall–Kier alpha value is -2.95. The lowest BCUT2D eigenvalue weighted by Crippen LogP contribution is -2.47. The highest BCUT2D eigenvalue weighted by Crippen LogP contribution is 2.28. The number of rotatable bonds is 6. The number of amides is 3. The molecule has 5 nitrogen and oxygen atoms in total. The van der Waals surface area contributed by atoms with Crippen LogP contribution in [0.25, 0.3) is 0 Å². The van der Waals surface area contributed by atoms with Crippen LogP contribution >= 0.6 is 0 Å². The number of nitrogens with one attached hydrogen (secondary N) is 1. The molecule has 3 rings (SSSR count). The number of carbonyl (C=O) groups excluding carboxylic acids is 3. The lowest BCUT2D eigenvalue weighted by molar-refractivity contribution is -0.120. The number of para-hydroxylation sites is 1. The summed E-state index contributed by atoms with van der Waals surface area (Å²) >= 11 is 0.